The number of aryl methyl sites for hydroxylation is 1. The molecule has 26 heavy (non-hydrogen) atoms. The van der Waals surface area contributed by atoms with Crippen molar-refractivity contribution in [2.24, 2.45) is 0 Å². The number of nitrogens with zero attached hydrogens (tertiary/aromatic N) is 3. The quantitative estimate of drug-likeness (QED) is 0.465. The SMILES string of the molecule is COc1ccccc1Oc1cc(C)nc(SCc2cccc(C#N)c2)n1. The van der Waals surface area contributed by atoms with Gasteiger partial charge in [-0.05, 0) is 36.8 Å². The summed E-state index contributed by atoms with van der Waals surface area (Å²) in [4.78, 5) is 8.92. The summed E-state index contributed by atoms with van der Waals surface area (Å²) in [6.45, 7) is 1.90. The van der Waals surface area contributed by atoms with Crippen LogP contribution in [0.3, 0.4) is 0 Å². The van der Waals surface area contributed by atoms with E-state index < -0.39 is 0 Å². The van der Waals surface area contributed by atoms with Crippen molar-refractivity contribution in [2.45, 2.75) is 17.8 Å². The largest absolute Gasteiger partial charge is 0.493 e. The summed E-state index contributed by atoms with van der Waals surface area (Å²) >= 11 is 1.50. The van der Waals surface area contributed by atoms with Gasteiger partial charge in [-0.15, -0.1) is 0 Å². The van der Waals surface area contributed by atoms with Crippen LogP contribution in [-0.2, 0) is 5.75 Å². The molecule has 0 radical (unpaired) electrons. The molecule has 0 spiro atoms. The Morgan fingerprint density at radius 1 is 1.04 bits per heavy atom. The summed E-state index contributed by atoms with van der Waals surface area (Å²) in [7, 11) is 1.60. The molecule has 5 nitrogen and oxygen atoms in total. The predicted octanol–water partition coefficient (Wildman–Crippen LogP) is 4.75. The first-order chi connectivity index (χ1) is 12.7. The van der Waals surface area contributed by atoms with Gasteiger partial charge in [0.25, 0.3) is 0 Å². The minimum Gasteiger partial charge on any atom is -0.493 e. The summed E-state index contributed by atoms with van der Waals surface area (Å²) < 4.78 is 11.2. The molecule has 1 heterocycles. The molecular formula is C20H17N3O2S. The summed E-state index contributed by atoms with van der Waals surface area (Å²) in [6, 6.07) is 18.9. The number of hydrogen-bond donors (Lipinski definition) is 0. The van der Waals surface area contributed by atoms with Gasteiger partial charge in [-0.3, -0.25) is 0 Å². The molecule has 0 aliphatic carbocycles. The lowest BCUT2D eigenvalue weighted by Gasteiger charge is -2.10. The molecule has 0 saturated heterocycles. The lowest BCUT2D eigenvalue weighted by molar-refractivity contribution is 0.372. The summed E-state index contributed by atoms with van der Waals surface area (Å²) in [5.41, 5.74) is 2.51. The molecule has 1 aromatic heterocycles. The Bertz CT molecular complexity index is 954. The van der Waals surface area contributed by atoms with Gasteiger partial charge in [0, 0.05) is 17.5 Å². The van der Waals surface area contributed by atoms with Gasteiger partial charge in [-0.2, -0.15) is 10.2 Å². The highest BCUT2D eigenvalue weighted by Gasteiger charge is 2.09. The van der Waals surface area contributed by atoms with E-state index >= 15 is 0 Å². The first kappa shape index (κ1) is 17.8. The Morgan fingerprint density at radius 2 is 1.85 bits per heavy atom. The molecule has 130 valence electrons. The normalized spacial score (nSPS) is 10.2. The fourth-order valence-electron chi connectivity index (χ4n) is 2.32. The molecule has 2 aromatic carbocycles. The van der Waals surface area contributed by atoms with Crippen LogP contribution in [0, 0.1) is 18.3 Å². The minimum absolute atomic E-state index is 0.468. The molecule has 0 amide bonds. The standard InChI is InChI=1S/C20H17N3O2S/c1-14-10-19(25-18-9-4-3-8-17(18)24-2)23-20(22-14)26-13-16-7-5-6-15(11-16)12-21/h3-11H,13H2,1-2H3. The maximum atomic E-state index is 8.99. The van der Waals surface area contributed by atoms with Crippen LogP contribution in [0.1, 0.15) is 16.8 Å². The van der Waals surface area contributed by atoms with E-state index in [1.165, 1.54) is 11.8 Å². The van der Waals surface area contributed by atoms with E-state index in [4.69, 9.17) is 14.7 Å². The fourth-order valence-corrected chi connectivity index (χ4v) is 3.16. The number of benzene rings is 2. The molecule has 0 aliphatic rings. The van der Waals surface area contributed by atoms with Crippen LogP contribution in [0.5, 0.6) is 17.4 Å². The molecule has 0 fully saturated rings. The van der Waals surface area contributed by atoms with Crippen LogP contribution in [0.25, 0.3) is 0 Å². The number of rotatable bonds is 6. The van der Waals surface area contributed by atoms with Gasteiger partial charge in [0.2, 0.25) is 5.88 Å². The summed E-state index contributed by atoms with van der Waals surface area (Å²) in [5.74, 6) is 2.39. The number of nitriles is 1. The van der Waals surface area contributed by atoms with Crippen LogP contribution >= 0.6 is 11.8 Å². The molecule has 0 aliphatic heterocycles. The van der Waals surface area contributed by atoms with Gasteiger partial charge >= 0.3 is 0 Å². The first-order valence-corrected chi connectivity index (χ1v) is 8.95. The predicted molar refractivity (Wildman–Crippen MR) is 101 cm³/mol. The van der Waals surface area contributed by atoms with E-state index in [0.717, 1.165) is 11.3 Å². The second kappa shape index (κ2) is 8.37. The number of ether oxygens (including phenoxy) is 2. The summed E-state index contributed by atoms with van der Waals surface area (Å²) in [6.07, 6.45) is 0. The average molecular weight is 363 g/mol. The third-order valence-electron chi connectivity index (χ3n) is 3.52. The number of hydrogen-bond acceptors (Lipinski definition) is 6. The zero-order chi connectivity index (χ0) is 18.4. The topological polar surface area (TPSA) is 68.0 Å². The van der Waals surface area contributed by atoms with Crippen molar-refractivity contribution in [1.29, 1.82) is 5.26 Å². The molecule has 0 atom stereocenters. The molecule has 3 rings (SSSR count). The summed E-state index contributed by atoms with van der Waals surface area (Å²) in [5, 5.41) is 9.62. The second-order valence-electron chi connectivity index (χ2n) is 5.48. The van der Waals surface area contributed by atoms with Crippen molar-refractivity contribution in [1.82, 2.24) is 9.97 Å². The van der Waals surface area contributed by atoms with Crippen LogP contribution < -0.4 is 9.47 Å². The number of methoxy groups -OCH3 is 1. The van der Waals surface area contributed by atoms with Crippen LogP contribution in [0.2, 0.25) is 0 Å². The Labute approximate surface area is 156 Å². The number of thioether (sulfide) groups is 1. The fraction of sp³-hybridized carbons (Fsp3) is 0.150. The van der Waals surface area contributed by atoms with E-state index in [1.54, 1.807) is 19.2 Å². The number of para-hydroxylation sites is 2. The monoisotopic (exact) mass is 363 g/mol. The van der Waals surface area contributed by atoms with E-state index in [1.807, 2.05) is 49.4 Å². The minimum atomic E-state index is 0.468. The van der Waals surface area contributed by atoms with Gasteiger partial charge in [0.15, 0.2) is 16.7 Å². The van der Waals surface area contributed by atoms with Crippen molar-refractivity contribution in [3.63, 3.8) is 0 Å². The highest BCUT2D eigenvalue weighted by Crippen LogP contribution is 2.31. The molecule has 0 saturated carbocycles. The van der Waals surface area contributed by atoms with Gasteiger partial charge < -0.3 is 9.47 Å². The molecule has 3 aromatic rings. The van der Waals surface area contributed by atoms with E-state index in [9.17, 15) is 0 Å². The van der Waals surface area contributed by atoms with E-state index in [0.29, 0.717) is 33.9 Å². The lowest BCUT2D eigenvalue weighted by Crippen LogP contribution is -1.96. The van der Waals surface area contributed by atoms with Gasteiger partial charge in [0.1, 0.15) is 0 Å². The smallest absolute Gasteiger partial charge is 0.223 e. The van der Waals surface area contributed by atoms with Gasteiger partial charge in [0.05, 0.1) is 18.7 Å². The van der Waals surface area contributed by atoms with E-state index in [2.05, 4.69) is 16.0 Å². The lowest BCUT2D eigenvalue weighted by atomic mass is 10.2. The maximum absolute atomic E-state index is 8.99. The van der Waals surface area contributed by atoms with Crippen molar-refractivity contribution in [3.8, 4) is 23.4 Å². The molecule has 0 bridgehead atoms. The molecule has 0 unspecified atom stereocenters. The highest BCUT2D eigenvalue weighted by atomic mass is 32.2. The van der Waals surface area contributed by atoms with Crippen LogP contribution in [-0.4, -0.2) is 17.1 Å². The number of aromatic nitrogens is 2. The average Bonchev–Trinajstić information content (AvgIpc) is 2.66. The second-order valence-corrected chi connectivity index (χ2v) is 6.43. The van der Waals surface area contributed by atoms with Crippen molar-refractivity contribution >= 4 is 11.8 Å². The Hall–Kier alpha value is -3.04. The van der Waals surface area contributed by atoms with E-state index in [-0.39, 0.29) is 0 Å². The molecule has 6 heteroatoms. The third kappa shape index (κ3) is 4.52. The van der Waals surface area contributed by atoms with Crippen molar-refractivity contribution in [3.05, 3.63) is 71.4 Å². The van der Waals surface area contributed by atoms with Crippen LogP contribution in [0.15, 0.2) is 59.8 Å². The zero-order valence-corrected chi connectivity index (χ0v) is 15.3. The molecule has 0 N–H and O–H groups in total. The van der Waals surface area contributed by atoms with Crippen LogP contribution in [0.4, 0.5) is 0 Å². The van der Waals surface area contributed by atoms with Gasteiger partial charge in [-0.1, -0.05) is 36.0 Å². The highest BCUT2D eigenvalue weighted by molar-refractivity contribution is 7.98. The Kier molecular flexibility index (Phi) is 5.72. The molecular weight excluding hydrogens is 346 g/mol. The van der Waals surface area contributed by atoms with Crippen molar-refractivity contribution in [2.75, 3.05) is 7.11 Å². The maximum Gasteiger partial charge on any atom is 0.223 e. The van der Waals surface area contributed by atoms with Crippen molar-refractivity contribution < 1.29 is 9.47 Å². The Morgan fingerprint density at radius 3 is 2.62 bits per heavy atom. The Balaban J connectivity index is 1.76. The zero-order valence-electron chi connectivity index (χ0n) is 14.5. The third-order valence-corrected chi connectivity index (χ3v) is 4.44. The van der Waals surface area contributed by atoms with Gasteiger partial charge in [-0.25, -0.2) is 4.98 Å². The first-order valence-electron chi connectivity index (χ1n) is 7.96.